The van der Waals surface area contributed by atoms with E-state index in [9.17, 15) is 10.2 Å². The lowest BCUT2D eigenvalue weighted by Crippen LogP contribution is -2.32. The van der Waals surface area contributed by atoms with Gasteiger partial charge in [-0.05, 0) is 0 Å². The minimum Gasteiger partial charge on any atom is -0.394 e. The second kappa shape index (κ2) is 5.16. The summed E-state index contributed by atoms with van der Waals surface area (Å²) in [5, 5.41) is 19.0. The van der Waals surface area contributed by atoms with Crippen molar-refractivity contribution in [3.05, 3.63) is 24.8 Å². The van der Waals surface area contributed by atoms with Gasteiger partial charge in [0.1, 0.15) is 30.3 Å². The molecule has 8 heteroatoms. The first-order valence-electron chi connectivity index (χ1n) is 6.24. The number of aliphatic hydroxyl groups excluding tert-OH is 2. The molecule has 106 valence electrons. The minimum absolute atomic E-state index is 0.272. The Morgan fingerprint density at radius 3 is 3.05 bits per heavy atom. The lowest BCUT2D eigenvalue weighted by atomic mass is 10.2. The van der Waals surface area contributed by atoms with Crippen LogP contribution in [0.25, 0.3) is 11.2 Å². The summed E-state index contributed by atoms with van der Waals surface area (Å²) in [5.41, 5.74) is 6.81. The molecule has 0 amide bonds. The van der Waals surface area contributed by atoms with E-state index in [0.717, 1.165) is 0 Å². The normalized spacial score (nSPS) is 26.8. The fourth-order valence-electron chi connectivity index (χ4n) is 2.21. The summed E-state index contributed by atoms with van der Waals surface area (Å²) >= 11 is 0. The molecule has 0 fully saturated rings. The number of aliphatic hydroxyl groups is 2. The molecule has 2 aromatic heterocycles. The van der Waals surface area contributed by atoms with Crippen molar-refractivity contribution < 1.29 is 14.9 Å². The maximum atomic E-state index is 9.78. The van der Waals surface area contributed by atoms with Crippen LogP contribution in [0.5, 0.6) is 0 Å². The summed E-state index contributed by atoms with van der Waals surface area (Å²) in [6.07, 6.45) is 4.95. The number of fused-ring (bicyclic) bond motifs is 1. The summed E-state index contributed by atoms with van der Waals surface area (Å²) in [5.74, 6) is 0.302. The average Bonchev–Trinajstić information content (AvgIpc) is 2.79. The third kappa shape index (κ3) is 2.13. The molecule has 8 nitrogen and oxygen atoms in total. The fourth-order valence-corrected chi connectivity index (χ4v) is 2.21. The van der Waals surface area contributed by atoms with E-state index in [4.69, 9.17) is 10.5 Å². The Morgan fingerprint density at radius 1 is 1.40 bits per heavy atom. The molecule has 0 aliphatic carbocycles. The van der Waals surface area contributed by atoms with Crippen LogP contribution in [0.3, 0.4) is 0 Å². The summed E-state index contributed by atoms with van der Waals surface area (Å²) in [4.78, 5) is 12.2. The first-order valence-corrected chi connectivity index (χ1v) is 6.24. The summed E-state index contributed by atoms with van der Waals surface area (Å²) in [6, 6.07) is 0. The van der Waals surface area contributed by atoms with Crippen LogP contribution in [0.15, 0.2) is 24.8 Å². The van der Waals surface area contributed by atoms with Gasteiger partial charge in [0, 0.05) is 6.42 Å². The second-order valence-corrected chi connectivity index (χ2v) is 4.55. The zero-order chi connectivity index (χ0) is 14.1. The molecule has 3 atom stereocenters. The molecule has 0 unspecified atom stereocenters. The molecule has 2 aromatic rings. The number of rotatable bonds is 2. The van der Waals surface area contributed by atoms with Crippen LogP contribution in [0.4, 0.5) is 5.82 Å². The molecular formula is C12H15N5O3. The lowest BCUT2D eigenvalue weighted by molar-refractivity contribution is -0.104. The topological polar surface area (TPSA) is 119 Å². The fraction of sp³-hybridized carbons (Fsp3) is 0.417. The number of nitrogens with two attached hydrogens (primary N) is 1. The van der Waals surface area contributed by atoms with Gasteiger partial charge in [-0.15, -0.1) is 0 Å². The Balaban J connectivity index is 1.98. The molecule has 0 aromatic carbocycles. The van der Waals surface area contributed by atoms with Crippen molar-refractivity contribution in [2.75, 3.05) is 12.3 Å². The first kappa shape index (κ1) is 13.0. The van der Waals surface area contributed by atoms with Crippen molar-refractivity contribution in [1.82, 2.24) is 19.5 Å². The Hall–Kier alpha value is -2.03. The molecule has 0 bridgehead atoms. The Labute approximate surface area is 114 Å². The molecule has 1 aliphatic rings. The predicted octanol–water partition coefficient (Wildman–Crippen LogP) is -0.395. The van der Waals surface area contributed by atoms with Crippen LogP contribution in [0, 0.1) is 0 Å². The molecule has 0 saturated heterocycles. The lowest BCUT2D eigenvalue weighted by Gasteiger charge is -2.23. The van der Waals surface area contributed by atoms with E-state index in [1.807, 2.05) is 0 Å². The maximum absolute atomic E-state index is 9.78. The number of nitrogens with zero attached hydrogens (tertiary/aromatic N) is 4. The van der Waals surface area contributed by atoms with Gasteiger partial charge in [-0.3, -0.25) is 4.57 Å². The van der Waals surface area contributed by atoms with Gasteiger partial charge in [0.15, 0.2) is 11.5 Å². The van der Waals surface area contributed by atoms with Gasteiger partial charge in [-0.1, -0.05) is 12.2 Å². The van der Waals surface area contributed by atoms with Gasteiger partial charge in [0.2, 0.25) is 0 Å². The van der Waals surface area contributed by atoms with Gasteiger partial charge < -0.3 is 20.7 Å². The van der Waals surface area contributed by atoms with E-state index in [2.05, 4.69) is 15.0 Å². The molecule has 20 heavy (non-hydrogen) atoms. The van der Waals surface area contributed by atoms with E-state index in [1.54, 1.807) is 23.0 Å². The Kier molecular flexibility index (Phi) is 3.35. The smallest absolute Gasteiger partial charge is 0.167 e. The highest BCUT2D eigenvalue weighted by atomic mass is 16.5. The van der Waals surface area contributed by atoms with Crippen molar-refractivity contribution in [3.63, 3.8) is 0 Å². The number of aromatic nitrogens is 4. The average molecular weight is 277 g/mol. The van der Waals surface area contributed by atoms with Crippen LogP contribution in [0.1, 0.15) is 12.6 Å². The molecule has 0 spiro atoms. The quantitative estimate of drug-likeness (QED) is 0.639. The van der Waals surface area contributed by atoms with E-state index in [0.29, 0.717) is 23.4 Å². The summed E-state index contributed by atoms with van der Waals surface area (Å²) in [7, 11) is 0. The molecular weight excluding hydrogens is 262 g/mol. The van der Waals surface area contributed by atoms with Crippen molar-refractivity contribution in [3.8, 4) is 0 Å². The molecule has 0 radical (unpaired) electrons. The number of ether oxygens (including phenoxy) is 1. The molecule has 3 heterocycles. The van der Waals surface area contributed by atoms with Crippen LogP contribution < -0.4 is 5.73 Å². The SMILES string of the molecule is Nc1ncnc2c1ncn2[C@H]1CC=C[C@H](O)[C@@H](CO)O1. The third-order valence-corrected chi connectivity index (χ3v) is 3.26. The van der Waals surface area contributed by atoms with E-state index in [1.165, 1.54) is 6.33 Å². The van der Waals surface area contributed by atoms with Crippen LogP contribution in [-0.4, -0.2) is 48.5 Å². The minimum atomic E-state index is -0.834. The van der Waals surface area contributed by atoms with E-state index >= 15 is 0 Å². The summed E-state index contributed by atoms with van der Waals surface area (Å²) in [6.45, 7) is -0.272. The molecule has 3 rings (SSSR count). The van der Waals surface area contributed by atoms with Crippen LogP contribution in [0.2, 0.25) is 0 Å². The number of hydrogen-bond donors (Lipinski definition) is 3. The number of hydrogen-bond acceptors (Lipinski definition) is 7. The highest BCUT2D eigenvalue weighted by Gasteiger charge is 2.26. The maximum Gasteiger partial charge on any atom is 0.167 e. The highest BCUT2D eigenvalue weighted by molar-refractivity contribution is 5.81. The predicted molar refractivity (Wildman–Crippen MR) is 70.5 cm³/mol. The zero-order valence-corrected chi connectivity index (χ0v) is 10.6. The van der Waals surface area contributed by atoms with Crippen molar-refractivity contribution in [1.29, 1.82) is 0 Å². The van der Waals surface area contributed by atoms with Gasteiger partial charge in [0.05, 0.1) is 12.9 Å². The summed E-state index contributed by atoms with van der Waals surface area (Å²) < 4.78 is 7.45. The van der Waals surface area contributed by atoms with E-state index < -0.39 is 18.4 Å². The third-order valence-electron chi connectivity index (χ3n) is 3.26. The standard InChI is InChI=1S/C12H15N5O3/c13-11-10-12(15-5-14-11)17(6-16-10)9-3-1-2-7(19)8(4-18)20-9/h1-2,5-9,18-19H,3-4H2,(H2,13,14,15)/t7-,8+,9+/m0/s1. The van der Waals surface area contributed by atoms with Gasteiger partial charge in [-0.25, -0.2) is 15.0 Å². The largest absolute Gasteiger partial charge is 0.394 e. The Bertz CT molecular complexity index is 641. The first-order chi connectivity index (χ1) is 9.70. The number of nitrogen functional groups attached to an aromatic ring is 1. The number of imidazole rings is 1. The van der Waals surface area contributed by atoms with Gasteiger partial charge >= 0.3 is 0 Å². The number of anilines is 1. The zero-order valence-electron chi connectivity index (χ0n) is 10.6. The molecule has 1 aliphatic heterocycles. The van der Waals surface area contributed by atoms with Gasteiger partial charge in [0.25, 0.3) is 0 Å². The van der Waals surface area contributed by atoms with Crippen molar-refractivity contribution >= 4 is 17.0 Å². The van der Waals surface area contributed by atoms with E-state index in [-0.39, 0.29) is 6.61 Å². The molecule has 4 N–H and O–H groups in total. The van der Waals surface area contributed by atoms with Crippen LogP contribution in [-0.2, 0) is 4.74 Å². The molecule has 0 saturated carbocycles. The second-order valence-electron chi connectivity index (χ2n) is 4.55. The van der Waals surface area contributed by atoms with Crippen LogP contribution >= 0.6 is 0 Å². The van der Waals surface area contributed by atoms with Crippen molar-refractivity contribution in [2.24, 2.45) is 0 Å². The van der Waals surface area contributed by atoms with Crippen molar-refractivity contribution in [2.45, 2.75) is 24.9 Å². The van der Waals surface area contributed by atoms with Gasteiger partial charge in [-0.2, -0.15) is 0 Å². The Morgan fingerprint density at radius 2 is 2.25 bits per heavy atom. The highest BCUT2D eigenvalue weighted by Crippen LogP contribution is 2.26. The monoisotopic (exact) mass is 277 g/mol.